The maximum atomic E-state index is 12.6. The van der Waals surface area contributed by atoms with E-state index in [1.54, 1.807) is 10.9 Å². The van der Waals surface area contributed by atoms with E-state index in [9.17, 15) is 4.79 Å². The van der Waals surface area contributed by atoms with Gasteiger partial charge in [0.05, 0.1) is 18.3 Å². The van der Waals surface area contributed by atoms with Crippen molar-refractivity contribution in [3.63, 3.8) is 0 Å². The number of ether oxygens (including phenoxy) is 1. The number of hydrogen-bond acceptors (Lipinski definition) is 6. The molecule has 0 saturated carbocycles. The summed E-state index contributed by atoms with van der Waals surface area (Å²) in [7, 11) is 1.87. The van der Waals surface area contributed by atoms with E-state index in [1.165, 1.54) is 4.90 Å². The van der Waals surface area contributed by atoms with Gasteiger partial charge in [-0.05, 0) is 39.0 Å². The van der Waals surface area contributed by atoms with Crippen LogP contribution in [0.25, 0.3) is 10.9 Å². The smallest absolute Gasteiger partial charge is 0.415 e. The van der Waals surface area contributed by atoms with Crippen LogP contribution in [-0.4, -0.2) is 42.1 Å². The van der Waals surface area contributed by atoms with Gasteiger partial charge in [0.1, 0.15) is 5.60 Å². The molecule has 1 aromatic carbocycles. The average molecular weight is 329 g/mol. The first-order valence-electron chi connectivity index (χ1n) is 7.48. The number of aryl methyl sites for hydroxylation is 1. The Labute approximate surface area is 138 Å². The molecule has 24 heavy (non-hydrogen) atoms. The number of hydrogen-bond donors (Lipinski definition) is 1. The summed E-state index contributed by atoms with van der Waals surface area (Å²) in [5.41, 5.74) is 1.04. The summed E-state index contributed by atoms with van der Waals surface area (Å²) in [6, 6.07) is 5.63. The van der Waals surface area contributed by atoms with Gasteiger partial charge in [0.25, 0.3) is 0 Å². The van der Waals surface area contributed by atoms with Crippen molar-refractivity contribution in [1.29, 1.82) is 0 Å². The van der Waals surface area contributed by atoms with Crippen molar-refractivity contribution in [1.82, 2.24) is 30.4 Å². The molecule has 0 bridgehead atoms. The normalized spacial score (nSPS) is 11.7. The van der Waals surface area contributed by atoms with Crippen LogP contribution in [0.15, 0.2) is 24.4 Å². The van der Waals surface area contributed by atoms with E-state index < -0.39 is 11.7 Å². The highest BCUT2D eigenvalue weighted by Gasteiger charge is 2.25. The van der Waals surface area contributed by atoms with Crippen molar-refractivity contribution in [3.8, 4) is 0 Å². The average Bonchev–Trinajstić information content (AvgIpc) is 3.13. The Hall–Kier alpha value is -2.97. The molecule has 3 rings (SSSR count). The number of aromatic amines is 1. The molecule has 2 heterocycles. The summed E-state index contributed by atoms with van der Waals surface area (Å²) in [4.78, 5) is 14.1. The third-order valence-corrected chi connectivity index (χ3v) is 3.34. The molecule has 3 aromatic rings. The molecule has 0 spiro atoms. The Bertz CT molecular complexity index is 848. The van der Waals surface area contributed by atoms with Gasteiger partial charge in [0.15, 0.2) is 5.82 Å². The predicted molar refractivity (Wildman–Crippen MR) is 87.3 cm³/mol. The minimum atomic E-state index is -0.606. The standard InChI is InChI=1S/C15H19N7O2/c1-15(2,3)24-14(23)22(9-13-17-19-20-18-13)11-5-6-12-10(7-11)8-16-21(12)4/h5-8H,9H2,1-4H3,(H,17,18,19,20). The van der Waals surface area contributed by atoms with Crippen LogP contribution in [0.4, 0.5) is 10.5 Å². The molecule has 0 radical (unpaired) electrons. The van der Waals surface area contributed by atoms with E-state index in [0.717, 1.165) is 10.9 Å². The largest absolute Gasteiger partial charge is 0.443 e. The topological polar surface area (TPSA) is 102 Å². The number of fused-ring (bicyclic) bond motifs is 1. The number of nitrogens with zero attached hydrogens (tertiary/aromatic N) is 6. The Morgan fingerprint density at radius 2 is 2.17 bits per heavy atom. The molecular weight excluding hydrogens is 310 g/mol. The van der Waals surface area contributed by atoms with Crippen molar-refractivity contribution >= 4 is 22.7 Å². The molecule has 0 fully saturated rings. The molecule has 0 unspecified atom stereocenters. The number of benzene rings is 1. The van der Waals surface area contributed by atoms with Crippen LogP contribution in [0, 0.1) is 0 Å². The third-order valence-electron chi connectivity index (χ3n) is 3.34. The van der Waals surface area contributed by atoms with Gasteiger partial charge in [0.2, 0.25) is 0 Å². The highest BCUT2D eigenvalue weighted by molar-refractivity contribution is 5.91. The van der Waals surface area contributed by atoms with E-state index in [2.05, 4.69) is 25.7 Å². The highest BCUT2D eigenvalue weighted by atomic mass is 16.6. The SMILES string of the molecule is Cn1ncc2cc(N(Cc3nn[nH]n3)C(=O)OC(C)(C)C)ccc21. The minimum absolute atomic E-state index is 0.150. The molecule has 9 nitrogen and oxygen atoms in total. The molecule has 9 heteroatoms. The van der Waals surface area contributed by atoms with Gasteiger partial charge >= 0.3 is 6.09 Å². The fourth-order valence-electron chi connectivity index (χ4n) is 2.29. The maximum Gasteiger partial charge on any atom is 0.415 e. The second kappa shape index (κ2) is 5.91. The van der Waals surface area contributed by atoms with Gasteiger partial charge in [-0.15, -0.1) is 10.2 Å². The lowest BCUT2D eigenvalue weighted by Gasteiger charge is -2.26. The van der Waals surface area contributed by atoms with Crippen molar-refractivity contribution in [3.05, 3.63) is 30.2 Å². The van der Waals surface area contributed by atoms with Crippen LogP contribution in [0.5, 0.6) is 0 Å². The lowest BCUT2D eigenvalue weighted by Crippen LogP contribution is -2.36. The summed E-state index contributed by atoms with van der Waals surface area (Å²) < 4.78 is 7.27. The molecule has 1 amide bonds. The molecule has 0 aliphatic rings. The lowest BCUT2D eigenvalue weighted by molar-refractivity contribution is 0.0576. The Kier molecular flexibility index (Phi) is 3.92. The molecular formula is C15H19N7O2. The fourth-order valence-corrected chi connectivity index (χ4v) is 2.29. The Balaban J connectivity index is 1.96. The number of nitrogens with one attached hydrogen (secondary N) is 1. The number of carbonyl (C=O) groups is 1. The van der Waals surface area contributed by atoms with E-state index in [4.69, 9.17) is 4.74 Å². The van der Waals surface area contributed by atoms with Gasteiger partial charge in [-0.3, -0.25) is 9.58 Å². The molecule has 0 aliphatic carbocycles. The van der Waals surface area contributed by atoms with Crippen molar-refractivity contribution < 1.29 is 9.53 Å². The predicted octanol–water partition coefficient (Wildman–Crippen LogP) is 2.03. The molecule has 0 aliphatic heterocycles. The van der Waals surface area contributed by atoms with Crippen LogP contribution in [0.3, 0.4) is 0 Å². The van der Waals surface area contributed by atoms with Gasteiger partial charge in [0, 0.05) is 18.1 Å². The first kappa shape index (κ1) is 15.9. The number of rotatable bonds is 3. The first-order valence-corrected chi connectivity index (χ1v) is 7.48. The summed E-state index contributed by atoms with van der Waals surface area (Å²) in [5, 5.41) is 18.9. The van der Waals surface area contributed by atoms with Gasteiger partial charge < -0.3 is 4.74 Å². The van der Waals surface area contributed by atoms with Crippen LogP contribution >= 0.6 is 0 Å². The number of carbonyl (C=O) groups excluding carboxylic acids is 1. The Morgan fingerprint density at radius 3 is 2.83 bits per heavy atom. The summed E-state index contributed by atoms with van der Waals surface area (Å²) in [6.45, 7) is 5.61. The maximum absolute atomic E-state index is 12.6. The van der Waals surface area contributed by atoms with Crippen LogP contribution in [0.2, 0.25) is 0 Å². The third kappa shape index (κ3) is 3.34. The summed E-state index contributed by atoms with van der Waals surface area (Å²) in [6.07, 6.45) is 1.27. The summed E-state index contributed by atoms with van der Waals surface area (Å²) >= 11 is 0. The van der Waals surface area contributed by atoms with E-state index in [-0.39, 0.29) is 6.54 Å². The molecule has 0 atom stereocenters. The number of amides is 1. The second-order valence-corrected chi connectivity index (χ2v) is 6.41. The lowest BCUT2D eigenvalue weighted by atomic mass is 10.2. The number of aromatic nitrogens is 6. The second-order valence-electron chi connectivity index (χ2n) is 6.41. The van der Waals surface area contributed by atoms with E-state index >= 15 is 0 Å². The zero-order valence-electron chi connectivity index (χ0n) is 14.0. The first-order chi connectivity index (χ1) is 11.3. The highest BCUT2D eigenvalue weighted by Crippen LogP contribution is 2.24. The fraction of sp³-hybridized carbons (Fsp3) is 0.400. The van der Waals surface area contributed by atoms with Gasteiger partial charge in [-0.1, -0.05) is 5.21 Å². The summed E-state index contributed by atoms with van der Waals surface area (Å²) in [5.74, 6) is 0.396. The quantitative estimate of drug-likeness (QED) is 0.789. The zero-order valence-corrected chi connectivity index (χ0v) is 14.0. The van der Waals surface area contributed by atoms with E-state index in [0.29, 0.717) is 11.5 Å². The van der Waals surface area contributed by atoms with Crippen molar-refractivity contribution in [2.24, 2.45) is 7.05 Å². The number of H-pyrrole nitrogens is 1. The van der Waals surface area contributed by atoms with Gasteiger partial charge in [-0.2, -0.15) is 10.3 Å². The zero-order chi connectivity index (χ0) is 17.3. The molecule has 0 saturated heterocycles. The van der Waals surface area contributed by atoms with E-state index in [1.807, 2.05) is 46.0 Å². The van der Waals surface area contributed by atoms with Crippen molar-refractivity contribution in [2.75, 3.05) is 4.90 Å². The van der Waals surface area contributed by atoms with Crippen LogP contribution in [-0.2, 0) is 18.3 Å². The number of anilines is 1. The number of tetrazole rings is 1. The van der Waals surface area contributed by atoms with Crippen molar-refractivity contribution in [2.45, 2.75) is 32.9 Å². The Morgan fingerprint density at radius 1 is 1.38 bits per heavy atom. The van der Waals surface area contributed by atoms with Crippen LogP contribution < -0.4 is 4.90 Å². The van der Waals surface area contributed by atoms with Gasteiger partial charge in [-0.25, -0.2) is 4.79 Å². The monoisotopic (exact) mass is 329 g/mol. The van der Waals surface area contributed by atoms with Crippen LogP contribution in [0.1, 0.15) is 26.6 Å². The molecule has 1 N–H and O–H groups in total. The molecule has 2 aromatic heterocycles. The molecule has 126 valence electrons. The minimum Gasteiger partial charge on any atom is -0.443 e.